The van der Waals surface area contributed by atoms with E-state index in [1.54, 1.807) is 13.8 Å². The number of carboxylic acid groups (broad SMARTS) is 1. The van der Waals surface area contributed by atoms with Crippen LogP contribution in [-0.4, -0.2) is 81.2 Å². The van der Waals surface area contributed by atoms with Crippen LogP contribution < -0.4 is 27.4 Å². The number of aromatic amines is 1. The lowest BCUT2D eigenvalue weighted by Crippen LogP contribution is -2.59. The standard InChI is InChI=1S/C21H37N7O6/c1-3-12(2)17(21(33)34)28-19(31)15(8-13-9-24-11-25-13)26-20(32)16(10-29)27-18(30)14(23)6-4-5-7-22/h9,11-12,14-17,29H,3-8,10,22-23H2,1-2H3,(H,24,25)(H,26,32)(H,27,30)(H,28,31)(H,33,34). The molecule has 1 rings (SSSR count). The number of nitrogens with one attached hydrogen (secondary N) is 4. The molecule has 13 heteroatoms. The molecule has 5 atom stereocenters. The van der Waals surface area contributed by atoms with Crippen LogP contribution in [0.5, 0.6) is 0 Å². The Kier molecular flexibility index (Phi) is 12.8. The predicted octanol–water partition coefficient (Wildman–Crippen LogP) is -2.01. The van der Waals surface area contributed by atoms with Gasteiger partial charge in [-0.2, -0.15) is 0 Å². The summed E-state index contributed by atoms with van der Waals surface area (Å²) < 4.78 is 0. The second-order valence-electron chi connectivity index (χ2n) is 8.19. The number of carbonyl (C=O) groups excluding carboxylic acids is 3. The first kappa shape index (κ1) is 29.0. The van der Waals surface area contributed by atoms with Crippen LogP contribution in [-0.2, 0) is 25.6 Å². The van der Waals surface area contributed by atoms with Gasteiger partial charge in [0.15, 0.2) is 0 Å². The zero-order valence-electron chi connectivity index (χ0n) is 19.6. The summed E-state index contributed by atoms with van der Waals surface area (Å²) >= 11 is 0. The number of hydrogen-bond donors (Lipinski definition) is 8. The van der Waals surface area contributed by atoms with Crippen LogP contribution in [0.3, 0.4) is 0 Å². The van der Waals surface area contributed by atoms with E-state index < -0.39 is 54.5 Å². The Morgan fingerprint density at radius 2 is 1.74 bits per heavy atom. The first-order valence-corrected chi connectivity index (χ1v) is 11.3. The number of unbranched alkanes of at least 4 members (excludes halogenated alkanes) is 1. The van der Waals surface area contributed by atoms with Crippen molar-refractivity contribution in [3.05, 3.63) is 18.2 Å². The number of amides is 3. The van der Waals surface area contributed by atoms with Gasteiger partial charge in [0.25, 0.3) is 0 Å². The highest BCUT2D eigenvalue weighted by molar-refractivity contribution is 5.94. The van der Waals surface area contributed by atoms with Gasteiger partial charge in [0, 0.05) is 18.3 Å². The maximum atomic E-state index is 12.9. The van der Waals surface area contributed by atoms with Crippen molar-refractivity contribution in [2.45, 2.75) is 70.1 Å². The van der Waals surface area contributed by atoms with Crippen molar-refractivity contribution in [2.24, 2.45) is 17.4 Å². The topological polar surface area (TPSA) is 226 Å². The molecule has 0 aromatic carbocycles. The van der Waals surface area contributed by atoms with Crippen LogP contribution in [0.4, 0.5) is 0 Å². The second kappa shape index (κ2) is 15.0. The Bertz CT molecular complexity index is 789. The molecule has 3 amide bonds. The van der Waals surface area contributed by atoms with Crippen molar-refractivity contribution >= 4 is 23.7 Å². The van der Waals surface area contributed by atoms with E-state index in [0.29, 0.717) is 37.9 Å². The van der Waals surface area contributed by atoms with Gasteiger partial charge in [-0.25, -0.2) is 9.78 Å². The fraction of sp³-hybridized carbons (Fsp3) is 0.667. The van der Waals surface area contributed by atoms with Crippen LogP contribution in [0.1, 0.15) is 45.2 Å². The van der Waals surface area contributed by atoms with E-state index in [0.717, 1.165) is 0 Å². The number of carboxylic acids is 1. The summed E-state index contributed by atoms with van der Waals surface area (Å²) in [6, 6.07) is -4.58. The smallest absolute Gasteiger partial charge is 0.326 e. The normalized spacial score (nSPS) is 15.4. The van der Waals surface area contributed by atoms with Crippen molar-refractivity contribution in [2.75, 3.05) is 13.2 Å². The average molecular weight is 484 g/mol. The number of nitrogens with zero attached hydrogens (tertiary/aromatic N) is 1. The summed E-state index contributed by atoms with van der Waals surface area (Å²) in [5.74, 6) is -3.71. The number of nitrogens with two attached hydrogens (primary N) is 2. The maximum Gasteiger partial charge on any atom is 0.326 e. The third-order valence-corrected chi connectivity index (χ3v) is 5.51. The fourth-order valence-electron chi connectivity index (χ4n) is 3.15. The number of aliphatic hydroxyl groups excluding tert-OH is 1. The number of aliphatic hydroxyl groups is 1. The van der Waals surface area contributed by atoms with Crippen molar-refractivity contribution < 1.29 is 29.4 Å². The van der Waals surface area contributed by atoms with Gasteiger partial charge < -0.3 is 42.6 Å². The third kappa shape index (κ3) is 9.45. The van der Waals surface area contributed by atoms with E-state index in [9.17, 15) is 29.4 Å². The average Bonchev–Trinajstić information content (AvgIpc) is 3.32. The predicted molar refractivity (Wildman–Crippen MR) is 123 cm³/mol. The van der Waals surface area contributed by atoms with Crippen LogP contribution >= 0.6 is 0 Å². The van der Waals surface area contributed by atoms with Crippen molar-refractivity contribution in [3.8, 4) is 0 Å². The summed E-state index contributed by atoms with van der Waals surface area (Å²) in [6.45, 7) is 3.23. The van der Waals surface area contributed by atoms with Crippen molar-refractivity contribution in [1.29, 1.82) is 0 Å². The number of rotatable bonds is 16. The molecule has 0 fully saturated rings. The largest absolute Gasteiger partial charge is 0.480 e. The molecule has 0 spiro atoms. The molecule has 5 unspecified atom stereocenters. The molecule has 0 aliphatic carbocycles. The van der Waals surface area contributed by atoms with Crippen LogP contribution in [0.25, 0.3) is 0 Å². The number of aliphatic carboxylic acids is 1. The highest BCUT2D eigenvalue weighted by Gasteiger charge is 2.32. The summed E-state index contributed by atoms with van der Waals surface area (Å²) in [6.07, 6.45) is 5.04. The van der Waals surface area contributed by atoms with Gasteiger partial charge in [0.1, 0.15) is 18.1 Å². The Morgan fingerprint density at radius 1 is 1.09 bits per heavy atom. The molecule has 0 aliphatic heterocycles. The van der Waals surface area contributed by atoms with E-state index in [-0.39, 0.29) is 12.3 Å². The number of hydrogen-bond acceptors (Lipinski definition) is 8. The molecule has 1 heterocycles. The molecule has 13 nitrogen and oxygen atoms in total. The molecule has 1 aromatic heterocycles. The van der Waals surface area contributed by atoms with Gasteiger partial charge >= 0.3 is 5.97 Å². The monoisotopic (exact) mass is 483 g/mol. The highest BCUT2D eigenvalue weighted by atomic mass is 16.4. The van der Waals surface area contributed by atoms with E-state index in [2.05, 4.69) is 25.9 Å². The first-order chi connectivity index (χ1) is 16.1. The highest BCUT2D eigenvalue weighted by Crippen LogP contribution is 2.09. The minimum Gasteiger partial charge on any atom is -0.480 e. The zero-order valence-corrected chi connectivity index (χ0v) is 19.6. The van der Waals surface area contributed by atoms with Crippen LogP contribution in [0, 0.1) is 5.92 Å². The van der Waals surface area contributed by atoms with Crippen LogP contribution in [0.15, 0.2) is 12.5 Å². The maximum absolute atomic E-state index is 12.9. The third-order valence-electron chi connectivity index (χ3n) is 5.51. The summed E-state index contributed by atoms with van der Waals surface area (Å²) in [5, 5.41) is 26.4. The molecule has 1 aromatic rings. The van der Waals surface area contributed by atoms with Gasteiger partial charge in [-0.1, -0.05) is 26.7 Å². The van der Waals surface area contributed by atoms with Gasteiger partial charge in [0.2, 0.25) is 17.7 Å². The van der Waals surface area contributed by atoms with Crippen molar-refractivity contribution in [3.63, 3.8) is 0 Å². The summed E-state index contributed by atoms with van der Waals surface area (Å²) in [5.41, 5.74) is 11.8. The van der Waals surface area contributed by atoms with Crippen LogP contribution in [0.2, 0.25) is 0 Å². The van der Waals surface area contributed by atoms with E-state index >= 15 is 0 Å². The fourth-order valence-corrected chi connectivity index (χ4v) is 3.15. The Labute approximate surface area is 198 Å². The van der Waals surface area contributed by atoms with E-state index in [1.807, 2.05) is 0 Å². The lowest BCUT2D eigenvalue weighted by molar-refractivity contribution is -0.143. The van der Waals surface area contributed by atoms with Crippen molar-refractivity contribution in [1.82, 2.24) is 25.9 Å². The van der Waals surface area contributed by atoms with E-state index in [4.69, 9.17) is 11.5 Å². The molecule has 10 N–H and O–H groups in total. The van der Waals surface area contributed by atoms with Gasteiger partial charge in [0.05, 0.1) is 19.0 Å². The van der Waals surface area contributed by atoms with Gasteiger partial charge in [-0.05, 0) is 25.3 Å². The minimum absolute atomic E-state index is 0.0187. The number of carbonyl (C=O) groups is 4. The summed E-state index contributed by atoms with van der Waals surface area (Å²) in [4.78, 5) is 56.3. The number of imidazole rings is 1. The minimum atomic E-state index is -1.35. The lowest BCUT2D eigenvalue weighted by Gasteiger charge is -2.26. The SMILES string of the molecule is CCC(C)C(NC(=O)C(Cc1cnc[nH]1)NC(=O)C(CO)NC(=O)C(N)CCCCN)C(=O)O. The summed E-state index contributed by atoms with van der Waals surface area (Å²) in [7, 11) is 0. The molecule has 0 saturated heterocycles. The molecule has 0 bridgehead atoms. The Hall–Kier alpha value is -3.03. The second-order valence-corrected chi connectivity index (χ2v) is 8.19. The number of aromatic nitrogens is 2. The zero-order chi connectivity index (χ0) is 25.7. The van der Waals surface area contributed by atoms with Gasteiger partial charge in [-0.3, -0.25) is 14.4 Å². The molecule has 0 saturated carbocycles. The number of H-pyrrole nitrogens is 1. The molecule has 34 heavy (non-hydrogen) atoms. The Balaban J connectivity index is 2.91. The molecule has 0 radical (unpaired) electrons. The molecule has 192 valence electrons. The Morgan fingerprint density at radius 3 is 2.26 bits per heavy atom. The van der Waals surface area contributed by atoms with E-state index in [1.165, 1.54) is 12.5 Å². The first-order valence-electron chi connectivity index (χ1n) is 11.3. The lowest BCUT2D eigenvalue weighted by atomic mass is 9.98. The quantitative estimate of drug-likeness (QED) is 0.121. The van der Waals surface area contributed by atoms with Gasteiger partial charge in [-0.15, -0.1) is 0 Å². The molecular formula is C21H37N7O6. The molecular weight excluding hydrogens is 446 g/mol. The molecule has 0 aliphatic rings.